The van der Waals surface area contributed by atoms with Crippen LogP contribution in [0.3, 0.4) is 0 Å². The van der Waals surface area contributed by atoms with E-state index in [1.165, 1.54) is 105 Å². The van der Waals surface area contributed by atoms with Gasteiger partial charge in [0.05, 0.1) is 0 Å². The van der Waals surface area contributed by atoms with Crippen molar-refractivity contribution >= 4 is 78.8 Å². The number of benzene rings is 11. The third-order valence-electron chi connectivity index (χ3n) is 13.6. The fourth-order valence-corrected chi connectivity index (χ4v) is 10.4. The predicted octanol–water partition coefficient (Wildman–Crippen LogP) is 14.7. The highest BCUT2D eigenvalue weighted by Gasteiger charge is 2.44. The lowest BCUT2D eigenvalue weighted by Gasteiger charge is -2.44. The van der Waals surface area contributed by atoms with Gasteiger partial charge < -0.3 is 9.80 Å². The van der Waals surface area contributed by atoms with Crippen molar-refractivity contribution in [1.82, 2.24) is 0 Å². The highest BCUT2D eigenvalue weighted by Crippen LogP contribution is 2.47. The Morgan fingerprint density at radius 3 is 0.892 bits per heavy atom. The molecule has 2 nitrogen and oxygen atoms in total. The van der Waals surface area contributed by atoms with Gasteiger partial charge in [-0.2, -0.15) is 0 Å². The Bertz CT molecular complexity index is 3370. The van der Waals surface area contributed by atoms with Gasteiger partial charge in [0.15, 0.2) is 0 Å². The molecular weight excluding hydrogens is 784 g/mol. The summed E-state index contributed by atoms with van der Waals surface area (Å²) in [4.78, 5) is 5.08. The van der Waals surface area contributed by atoms with Crippen molar-refractivity contribution in [2.75, 3.05) is 9.80 Å². The molecule has 0 saturated heterocycles. The number of hydrogen-bond acceptors (Lipinski definition) is 2. The second-order valence-corrected chi connectivity index (χ2v) is 17.3. The lowest BCUT2D eigenvalue weighted by atomic mass is 9.33. The Labute approximate surface area is 380 Å². The molecule has 13 rings (SSSR count). The Hall–Kier alpha value is -8.40. The quantitative estimate of drug-likeness (QED) is 0.154. The molecule has 0 bridgehead atoms. The van der Waals surface area contributed by atoms with E-state index in [9.17, 15) is 0 Å². The molecule has 0 N–H and O–H groups in total. The van der Waals surface area contributed by atoms with Crippen LogP contribution in [0.1, 0.15) is 0 Å². The van der Waals surface area contributed by atoms with Crippen molar-refractivity contribution in [1.29, 1.82) is 0 Å². The minimum absolute atomic E-state index is 0.0200. The van der Waals surface area contributed by atoms with E-state index in [4.69, 9.17) is 0 Å². The normalized spacial score (nSPS) is 12.5. The summed E-state index contributed by atoms with van der Waals surface area (Å²) in [6.07, 6.45) is 0. The maximum atomic E-state index is 2.54. The number of anilines is 6. The molecular formula is C62H41BN2. The molecule has 0 atom stereocenters. The minimum Gasteiger partial charge on any atom is -0.311 e. The van der Waals surface area contributed by atoms with Crippen molar-refractivity contribution in [3.63, 3.8) is 0 Å². The number of nitrogens with zero attached hydrogens (tertiary/aromatic N) is 2. The van der Waals surface area contributed by atoms with Crippen LogP contribution in [-0.2, 0) is 0 Å². The van der Waals surface area contributed by atoms with Gasteiger partial charge in [0.25, 0.3) is 6.71 Å². The molecule has 0 spiro atoms. The maximum absolute atomic E-state index is 2.54. The lowest BCUT2D eigenvalue weighted by molar-refractivity contribution is 1.26. The van der Waals surface area contributed by atoms with Crippen molar-refractivity contribution in [3.05, 3.63) is 249 Å². The van der Waals surface area contributed by atoms with E-state index >= 15 is 0 Å². The first-order valence-corrected chi connectivity index (χ1v) is 22.5. The van der Waals surface area contributed by atoms with Crippen molar-refractivity contribution < 1.29 is 0 Å². The largest absolute Gasteiger partial charge is 0.311 e. The maximum Gasteiger partial charge on any atom is 0.252 e. The Morgan fingerprint density at radius 1 is 0.231 bits per heavy atom. The average molecular weight is 825 g/mol. The summed E-state index contributed by atoms with van der Waals surface area (Å²) < 4.78 is 0. The molecule has 11 aromatic carbocycles. The molecule has 65 heavy (non-hydrogen) atoms. The van der Waals surface area contributed by atoms with Gasteiger partial charge in [0.2, 0.25) is 0 Å². The molecule has 11 aromatic rings. The Balaban J connectivity index is 1.10. The van der Waals surface area contributed by atoms with E-state index < -0.39 is 0 Å². The molecule has 2 aliphatic heterocycles. The van der Waals surface area contributed by atoms with Gasteiger partial charge in [-0.05, 0) is 131 Å². The van der Waals surface area contributed by atoms with Crippen LogP contribution in [0.4, 0.5) is 34.1 Å². The van der Waals surface area contributed by atoms with Crippen LogP contribution in [-0.4, -0.2) is 6.71 Å². The van der Waals surface area contributed by atoms with Gasteiger partial charge in [-0.3, -0.25) is 0 Å². The molecule has 0 radical (unpaired) electrons. The van der Waals surface area contributed by atoms with Crippen LogP contribution in [0, 0.1) is 0 Å². The van der Waals surface area contributed by atoms with Crippen LogP contribution in [0.15, 0.2) is 249 Å². The van der Waals surface area contributed by atoms with Crippen LogP contribution in [0.5, 0.6) is 0 Å². The lowest BCUT2D eigenvalue weighted by Crippen LogP contribution is -2.61. The monoisotopic (exact) mass is 824 g/mol. The summed E-state index contributed by atoms with van der Waals surface area (Å²) in [5, 5.41) is 4.94. The molecule has 2 heterocycles. The highest BCUT2D eigenvalue weighted by atomic mass is 15.2. The molecule has 2 aliphatic rings. The number of rotatable bonds is 6. The summed E-state index contributed by atoms with van der Waals surface area (Å²) in [6, 6.07) is 91.8. The summed E-state index contributed by atoms with van der Waals surface area (Å²) >= 11 is 0. The molecule has 3 heteroatoms. The summed E-state index contributed by atoms with van der Waals surface area (Å²) in [7, 11) is 0. The zero-order valence-corrected chi connectivity index (χ0v) is 35.6. The van der Waals surface area contributed by atoms with E-state index in [-0.39, 0.29) is 6.71 Å². The van der Waals surface area contributed by atoms with Gasteiger partial charge in [0.1, 0.15) is 0 Å². The number of fused-ring (bicyclic) bond motifs is 6. The first kappa shape index (κ1) is 37.2. The van der Waals surface area contributed by atoms with Gasteiger partial charge in [-0.25, -0.2) is 0 Å². The smallest absolute Gasteiger partial charge is 0.252 e. The Morgan fingerprint density at radius 2 is 0.523 bits per heavy atom. The highest BCUT2D eigenvalue weighted by molar-refractivity contribution is 7.00. The second kappa shape index (κ2) is 15.2. The van der Waals surface area contributed by atoms with Crippen molar-refractivity contribution in [2.45, 2.75) is 0 Å². The van der Waals surface area contributed by atoms with Crippen LogP contribution in [0.2, 0.25) is 0 Å². The van der Waals surface area contributed by atoms with Crippen molar-refractivity contribution in [2.24, 2.45) is 0 Å². The predicted molar refractivity (Wildman–Crippen MR) is 277 cm³/mol. The van der Waals surface area contributed by atoms with E-state index in [0.29, 0.717) is 0 Å². The van der Waals surface area contributed by atoms with Gasteiger partial charge >= 0.3 is 0 Å². The van der Waals surface area contributed by atoms with Crippen molar-refractivity contribution in [3.8, 4) is 44.5 Å². The first-order valence-electron chi connectivity index (χ1n) is 22.5. The SMILES string of the molecule is c1ccc(-c2ccc(-c3cc4c5c(c3)N(c3ccc(-c6ccccc6)cc3)c3cc6ccccc6cc3B5c3cc5ccccc5cc3N4c3ccc(-c4ccccc4)cc3)cc2)cc1. The van der Waals surface area contributed by atoms with E-state index in [1.54, 1.807) is 0 Å². The van der Waals surface area contributed by atoms with E-state index in [0.717, 1.165) is 11.4 Å². The zero-order chi connectivity index (χ0) is 42.8. The van der Waals surface area contributed by atoms with E-state index in [1.807, 2.05) is 0 Å². The number of hydrogen-bond donors (Lipinski definition) is 0. The summed E-state index contributed by atoms with van der Waals surface area (Å²) in [6.45, 7) is -0.0200. The Kier molecular flexibility index (Phi) is 8.67. The molecule has 302 valence electrons. The molecule has 0 unspecified atom stereocenters. The summed E-state index contributed by atoms with van der Waals surface area (Å²) in [5.74, 6) is 0. The fraction of sp³-hybridized carbons (Fsp3) is 0. The molecule has 0 amide bonds. The third kappa shape index (κ3) is 6.27. The van der Waals surface area contributed by atoms with Gasteiger partial charge in [0, 0.05) is 34.1 Å². The summed E-state index contributed by atoms with van der Waals surface area (Å²) in [5.41, 5.74) is 20.5. The minimum atomic E-state index is -0.0200. The van der Waals surface area contributed by atoms with Gasteiger partial charge in [-0.1, -0.05) is 200 Å². The third-order valence-corrected chi connectivity index (χ3v) is 13.6. The van der Waals surface area contributed by atoms with E-state index in [2.05, 4.69) is 259 Å². The van der Waals surface area contributed by atoms with Crippen LogP contribution >= 0.6 is 0 Å². The van der Waals surface area contributed by atoms with Gasteiger partial charge in [-0.15, -0.1) is 0 Å². The standard InChI is InChI=1S/C62H41BN2/c1-4-14-42(15-5-1)45-24-26-48(27-25-45)53-40-60-62-61(41-53)65(55-34-30-47(31-35-55)44-18-8-3-9-19-44)59-39-52-23-13-11-21-50(52)37-57(59)63(62)56-36-49-20-10-12-22-51(49)38-58(56)64(60)54-32-28-46(29-33-54)43-16-6-2-7-17-43/h1-41H. The first-order chi connectivity index (χ1) is 32.2. The molecule has 0 saturated carbocycles. The average Bonchev–Trinajstić information content (AvgIpc) is 3.38. The molecule has 0 aliphatic carbocycles. The fourth-order valence-electron chi connectivity index (χ4n) is 10.4. The molecule has 0 fully saturated rings. The zero-order valence-electron chi connectivity index (χ0n) is 35.6. The van der Waals surface area contributed by atoms with Crippen LogP contribution < -0.4 is 26.2 Å². The molecule has 0 aromatic heterocycles. The topological polar surface area (TPSA) is 6.48 Å². The second-order valence-electron chi connectivity index (χ2n) is 17.3. The van der Waals surface area contributed by atoms with Crippen LogP contribution in [0.25, 0.3) is 66.1 Å².